The summed E-state index contributed by atoms with van der Waals surface area (Å²) in [5, 5.41) is 4.53. The zero-order chi connectivity index (χ0) is 16.2. The van der Waals surface area contributed by atoms with Gasteiger partial charge in [-0.25, -0.2) is 4.98 Å². The molecule has 1 saturated heterocycles. The molecule has 0 aliphatic carbocycles. The van der Waals surface area contributed by atoms with E-state index in [0.29, 0.717) is 18.4 Å². The molecule has 0 radical (unpaired) electrons. The van der Waals surface area contributed by atoms with Gasteiger partial charge in [0.2, 0.25) is 5.88 Å². The number of piperidine rings is 1. The minimum Gasteiger partial charge on any atom is -0.473 e. The Morgan fingerprint density at radius 1 is 1.00 bits per heavy atom. The normalized spacial score (nSPS) is 15.5. The van der Waals surface area contributed by atoms with Crippen molar-refractivity contribution in [1.82, 2.24) is 15.3 Å². The van der Waals surface area contributed by atoms with Crippen molar-refractivity contribution < 1.29 is 4.74 Å². The lowest BCUT2D eigenvalue weighted by Gasteiger charge is -2.22. The van der Waals surface area contributed by atoms with E-state index in [1.807, 2.05) is 42.6 Å². The molecule has 4 heteroatoms. The van der Waals surface area contributed by atoms with Crippen molar-refractivity contribution in [3.8, 4) is 5.88 Å². The lowest BCUT2D eigenvalue weighted by atomic mass is 9.94. The zero-order valence-electron chi connectivity index (χ0n) is 13.6. The molecule has 0 unspecified atom stereocenters. The fraction of sp³-hybridized carbons (Fsp3) is 0.300. The number of fused-ring (bicyclic) bond motifs is 1. The Labute approximate surface area is 141 Å². The molecule has 0 atom stereocenters. The fourth-order valence-electron chi connectivity index (χ4n) is 3.29. The SMILES string of the molecule is c1cc(OCc2ccnc3ccccc23)nc(C2CCNCC2)c1. The summed E-state index contributed by atoms with van der Waals surface area (Å²) in [6.45, 7) is 2.65. The monoisotopic (exact) mass is 319 g/mol. The second kappa shape index (κ2) is 6.97. The largest absolute Gasteiger partial charge is 0.473 e. The predicted molar refractivity (Wildman–Crippen MR) is 95.2 cm³/mol. The van der Waals surface area contributed by atoms with Gasteiger partial charge in [-0.1, -0.05) is 24.3 Å². The maximum absolute atomic E-state index is 5.98. The van der Waals surface area contributed by atoms with E-state index in [4.69, 9.17) is 9.72 Å². The topological polar surface area (TPSA) is 47.0 Å². The van der Waals surface area contributed by atoms with Crippen LogP contribution in [0.2, 0.25) is 0 Å². The zero-order valence-corrected chi connectivity index (χ0v) is 13.6. The third-order valence-corrected chi connectivity index (χ3v) is 4.62. The summed E-state index contributed by atoms with van der Waals surface area (Å²) in [5.74, 6) is 1.24. The van der Waals surface area contributed by atoms with E-state index in [1.54, 1.807) is 0 Å². The van der Waals surface area contributed by atoms with Crippen molar-refractivity contribution in [1.29, 1.82) is 0 Å². The molecule has 0 bridgehead atoms. The minimum absolute atomic E-state index is 0.506. The van der Waals surface area contributed by atoms with Gasteiger partial charge in [0.25, 0.3) is 0 Å². The number of benzene rings is 1. The van der Waals surface area contributed by atoms with E-state index in [-0.39, 0.29) is 0 Å². The van der Waals surface area contributed by atoms with E-state index < -0.39 is 0 Å². The molecule has 4 nitrogen and oxygen atoms in total. The van der Waals surface area contributed by atoms with E-state index >= 15 is 0 Å². The maximum Gasteiger partial charge on any atom is 0.213 e. The highest BCUT2D eigenvalue weighted by Crippen LogP contribution is 2.25. The first-order chi connectivity index (χ1) is 11.9. The quantitative estimate of drug-likeness (QED) is 0.797. The van der Waals surface area contributed by atoms with Gasteiger partial charge in [0.05, 0.1) is 5.52 Å². The van der Waals surface area contributed by atoms with Gasteiger partial charge in [-0.3, -0.25) is 4.98 Å². The third kappa shape index (κ3) is 3.24. The van der Waals surface area contributed by atoms with Gasteiger partial charge in [0, 0.05) is 34.8 Å². The summed E-state index contributed by atoms with van der Waals surface area (Å²) in [6.07, 6.45) is 4.12. The lowest BCUT2D eigenvalue weighted by Crippen LogP contribution is -2.27. The first-order valence-corrected chi connectivity index (χ1v) is 8.53. The third-order valence-electron chi connectivity index (χ3n) is 4.62. The molecule has 0 spiro atoms. The molecular weight excluding hydrogens is 298 g/mol. The van der Waals surface area contributed by atoms with Gasteiger partial charge >= 0.3 is 0 Å². The highest BCUT2D eigenvalue weighted by molar-refractivity contribution is 5.81. The van der Waals surface area contributed by atoms with Crippen LogP contribution in [0.25, 0.3) is 10.9 Å². The highest BCUT2D eigenvalue weighted by Gasteiger charge is 2.16. The summed E-state index contributed by atoms with van der Waals surface area (Å²) in [4.78, 5) is 9.12. The molecule has 122 valence electrons. The van der Waals surface area contributed by atoms with Gasteiger partial charge in [0.15, 0.2) is 0 Å². The van der Waals surface area contributed by atoms with Crippen LogP contribution in [0, 0.1) is 0 Å². The van der Waals surface area contributed by atoms with Gasteiger partial charge in [-0.15, -0.1) is 0 Å². The van der Waals surface area contributed by atoms with Crippen molar-refractivity contribution in [2.45, 2.75) is 25.4 Å². The molecule has 1 aliphatic rings. The van der Waals surface area contributed by atoms with Gasteiger partial charge in [0.1, 0.15) is 6.61 Å². The molecule has 0 amide bonds. The molecule has 1 N–H and O–H groups in total. The molecule has 24 heavy (non-hydrogen) atoms. The first kappa shape index (κ1) is 15.1. The molecule has 1 aliphatic heterocycles. The Hall–Kier alpha value is -2.46. The molecule has 4 rings (SSSR count). The summed E-state index contributed by atoms with van der Waals surface area (Å²) >= 11 is 0. The Morgan fingerprint density at radius 2 is 1.88 bits per heavy atom. The number of rotatable bonds is 4. The van der Waals surface area contributed by atoms with Crippen LogP contribution < -0.4 is 10.1 Å². The highest BCUT2D eigenvalue weighted by atomic mass is 16.5. The standard InChI is InChI=1S/C20H21N3O/c1-2-5-19-17(4-1)16(10-13-22-19)14-24-20-7-3-6-18(23-20)15-8-11-21-12-9-15/h1-7,10,13,15,21H,8-9,11-12,14H2. The Kier molecular flexibility index (Phi) is 4.38. The average molecular weight is 319 g/mol. The molecule has 1 aromatic carbocycles. The number of pyridine rings is 2. The number of para-hydroxylation sites is 1. The minimum atomic E-state index is 0.506. The summed E-state index contributed by atoms with van der Waals surface area (Å²) in [6, 6.07) is 16.3. The first-order valence-electron chi connectivity index (χ1n) is 8.53. The van der Waals surface area contributed by atoms with Gasteiger partial charge in [-0.2, -0.15) is 0 Å². The Morgan fingerprint density at radius 3 is 2.79 bits per heavy atom. The lowest BCUT2D eigenvalue weighted by molar-refractivity contribution is 0.293. The van der Waals surface area contributed by atoms with Crippen LogP contribution in [-0.2, 0) is 6.61 Å². The molecule has 1 fully saturated rings. The van der Waals surface area contributed by atoms with Crippen molar-refractivity contribution in [3.05, 3.63) is 66.0 Å². The van der Waals surface area contributed by atoms with Crippen LogP contribution in [0.15, 0.2) is 54.7 Å². The Bertz CT molecular complexity index is 822. The van der Waals surface area contributed by atoms with Crippen molar-refractivity contribution in [2.24, 2.45) is 0 Å². The molecule has 2 aromatic heterocycles. The van der Waals surface area contributed by atoms with Gasteiger partial charge < -0.3 is 10.1 Å². The maximum atomic E-state index is 5.98. The van der Waals surface area contributed by atoms with Crippen molar-refractivity contribution in [2.75, 3.05) is 13.1 Å². The van der Waals surface area contributed by atoms with E-state index in [9.17, 15) is 0 Å². The van der Waals surface area contributed by atoms with Crippen molar-refractivity contribution in [3.63, 3.8) is 0 Å². The number of hydrogen-bond donors (Lipinski definition) is 1. The molecule has 3 heterocycles. The van der Waals surface area contributed by atoms with Crippen LogP contribution in [0.1, 0.15) is 30.0 Å². The number of ether oxygens (including phenoxy) is 1. The molecule has 3 aromatic rings. The van der Waals surface area contributed by atoms with Gasteiger partial charge in [-0.05, 0) is 44.1 Å². The number of hydrogen-bond acceptors (Lipinski definition) is 4. The predicted octanol–water partition coefficient (Wildman–Crippen LogP) is 3.68. The molecule has 0 saturated carbocycles. The van der Waals surface area contributed by atoms with E-state index in [2.05, 4.69) is 22.4 Å². The van der Waals surface area contributed by atoms with Crippen LogP contribution >= 0.6 is 0 Å². The van der Waals surface area contributed by atoms with E-state index in [1.165, 1.54) is 0 Å². The van der Waals surface area contributed by atoms with Crippen LogP contribution in [0.3, 0.4) is 0 Å². The number of nitrogens with zero attached hydrogens (tertiary/aromatic N) is 2. The van der Waals surface area contributed by atoms with Crippen molar-refractivity contribution >= 4 is 10.9 Å². The summed E-state index contributed by atoms with van der Waals surface area (Å²) in [7, 11) is 0. The smallest absolute Gasteiger partial charge is 0.213 e. The summed E-state index contributed by atoms with van der Waals surface area (Å²) in [5.41, 5.74) is 3.28. The second-order valence-corrected chi connectivity index (χ2v) is 6.20. The van der Waals surface area contributed by atoms with Crippen LogP contribution in [0.5, 0.6) is 5.88 Å². The fourth-order valence-corrected chi connectivity index (χ4v) is 3.29. The van der Waals surface area contributed by atoms with E-state index in [0.717, 1.165) is 48.1 Å². The Balaban J connectivity index is 1.51. The summed E-state index contributed by atoms with van der Waals surface area (Å²) < 4.78 is 5.98. The average Bonchev–Trinajstić information content (AvgIpc) is 2.67. The van der Waals surface area contributed by atoms with Crippen LogP contribution in [-0.4, -0.2) is 23.1 Å². The molecular formula is C20H21N3O. The van der Waals surface area contributed by atoms with Crippen LogP contribution in [0.4, 0.5) is 0 Å². The number of nitrogens with one attached hydrogen (secondary N) is 1. The number of aromatic nitrogens is 2. The second-order valence-electron chi connectivity index (χ2n) is 6.20.